The molecule has 190 valence electrons. The fourth-order valence-corrected chi connectivity index (χ4v) is 6.78. The van der Waals surface area contributed by atoms with Crippen LogP contribution in [0.5, 0.6) is 0 Å². The molecule has 35 heavy (non-hydrogen) atoms. The first-order valence-electron chi connectivity index (χ1n) is 11.5. The summed E-state index contributed by atoms with van der Waals surface area (Å²) in [6, 6.07) is 9.46. The predicted molar refractivity (Wildman–Crippen MR) is 142 cm³/mol. The van der Waals surface area contributed by atoms with Crippen LogP contribution in [-0.4, -0.2) is 49.5 Å². The van der Waals surface area contributed by atoms with Crippen LogP contribution in [0.4, 0.5) is 0 Å². The number of hydrogen-bond donors (Lipinski definition) is 0. The molecule has 0 aliphatic rings. The van der Waals surface area contributed by atoms with Gasteiger partial charge < -0.3 is 9.30 Å². The summed E-state index contributed by atoms with van der Waals surface area (Å²) < 4.78 is 35.6. The van der Waals surface area contributed by atoms with E-state index in [1.807, 2.05) is 31.4 Å². The molecule has 1 aromatic heterocycles. The monoisotopic (exact) mass is 557 g/mol. The zero-order valence-corrected chi connectivity index (χ0v) is 23.1. The topological polar surface area (TPSA) is 81.0 Å². The quantitative estimate of drug-likeness (QED) is 0.287. The van der Waals surface area contributed by atoms with Crippen LogP contribution in [-0.2, 0) is 21.3 Å². The molecule has 0 radical (unpaired) electrons. The summed E-state index contributed by atoms with van der Waals surface area (Å²) >= 11 is 14.0. The molecule has 0 spiro atoms. The summed E-state index contributed by atoms with van der Waals surface area (Å²) in [6.45, 7) is 8.12. The Morgan fingerprint density at radius 3 is 2.31 bits per heavy atom. The smallest absolute Gasteiger partial charge is 0.279 e. The van der Waals surface area contributed by atoms with Crippen molar-refractivity contribution < 1.29 is 17.9 Å². The Balaban J connectivity index is 1.97. The molecule has 0 aliphatic heterocycles. The van der Waals surface area contributed by atoms with Gasteiger partial charge in [0.1, 0.15) is 0 Å². The number of thiazole rings is 1. The summed E-state index contributed by atoms with van der Waals surface area (Å²) in [5.74, 6) is -0.480. The van der Waals surface area contributed by atoms with Crippen molar-refractivity contribution >= 4 is 60.7 Å². The average molecular weight is 559 g/mol. The van der Waals surface area contributed by atoms with Gasteiger partial charge in [-0.05, 0) is 56.2 Å². The third-order valence-electron chi connectivity index (χ3n) is 5.28. The third-order valence-corrected chi connectivity index (χ3v) is 9.03. The Bertz CT molecular complexity index is 1340. The van der Waals surface area contributed by atoms with Gasteiger partial charge >= 0.3 is 0 Å². The van der Waals surface area contributed by atoms with Crippen LogP contribution >= 0.6 is 34.5 Å². The minimum atomic E-state index is -3.62. The van der Waals surface area contributed by atoms with Gasteiger partial charge in [-0.1, -0.05) is 48.4 Å². The number of nitrogens with zero attached hydrogens (tertiary/aromatic N) is 3. The molecule has 0 N–H and O–H groups in total. The van der Waals surface area contributed by atoms with Gasteiger partial charge in [0.05, 0.1) is 31.8 Å². The first-order chi connectivity index (χ1) is 16.7. The first kappa shape index (κ1) is 27.8. The number of fused-ring (bicyclic) bond motifs is 1. The molecule has 0 fully saturated rings. The molecule has 0 bridgehead atoms. The van der Waals surface area contributed by atoms with Crippen molar-refractivity contribution in [3.63, 3.8) is 0 Å². The van der Waals surface area contributed by atoms with Gasteiger partial charge in [-0.3, -0.25) is 4.79 Å². The highest BCUT2D eigenvalue weighted by Crippen LogP contribution is 2.32. The maximum Gasteiger partial charge on any atom is 0.279 e. The second-order valence-electron chi connectivity index (χ2n) is 7.79. The molecule has 0 saturated heterocycles. The summed E-state index contributed by atoms with van der Waals surface area (Å²) in [7, 11) is -3.62. The van der Waals surface area contributed by atoms with Gasteiger partial charge in [0, 0.05) is 31.8 Å². The van der Waals surface area contributed by atoms with Gasteiger partial charge in [0.15, 0.2) is 4.80 Å². The van der Waals surface area contributed by atoms with Crippen molar-refractivity contribution in [3.05, 3.63) is 56.8 Å². The average Bonchev–Trinajstić information content (AvgIpc) is 3.19. The van der Waals surface area contributed by atoms with E-state index < -0.39 is 15.9 Å². The maximum absolute atomic E-state index is 13.0. The van der Waals surface area contributed by atoms with Crippen molar-refractivity contribution in [3.8, 4) is 0 Å². The summed E-state index contributed by atoms with van der Waals surface area (Å²) in [4.78, 5) is 17.9. The second-order valence-corrected chi connectivity index (χ2v) is 11.5. The lowest BCUT2D eigenvalue weighted by molar-refractivity contribution is 0.0996. The van der Waals surface area contributed by atoms with E-state index in [4.69, 9.17) is 27.9 Å². The lowest BCUT2D eigenvalue weighted by Gasteiger charge is -2.21. The van der Waals surface area contributed by atoms with Crippen molar-refractivity contribution in [2.24, 2.45) is 4.99 Å². The van der Waals surface area contributed by atoms with Gasteiger partial charge in [-0.15, -0.1) is 0 Å². The van der Waals surface area contributed by atoms with Crippen LogP contribution in [0.3, 0.4) is 0 Å². The molecule has 1 amide bonds. The van der Waals surface area contributed by atoms with Crippen molar-refractivity contribution in [1.82, 2.24) is 8.87 Å². The highest BCUT2D eigenvalue weighted by molar-refractivity contribution is 7.89. The molecule has 0 saturated carbocycles. The largest absolute Gasteiger partial charge is 0.380 e. The lowest BCUT2D eigenvalue weighted by atomic mass is 10.2. The standard InChI is InChI=1S/C24H29Cl2N3O4S2/c1-4-13-28(14-5-2)35(31,32)18-9-7-17(8-10-18)23(30)27-24-29(15-16-33-6-3)22-20(34-24)12-11-19(25)21(22)26/h7-12H,4-6,13-16H2,1-3H3. The number of sulfonamides is 1. The van der Waals surface area contributed by atoms with Crippen molar-refractivity contribution in [2.45, 2.75) is 45.1 Å². The van der Waals surface area contributed by atoms with E-state index >= 15 is 0 Å². The van der Waals surface area contributed by atoms with Gasteiger partial charge in [-0.25, -0.2) is 8.42 Å². The Morgan fingerprint density at radius 2 is 1.71 bits per heavy atom. The third kappa shape index (κ3) is 6.34. The fourth-order valence-electron chi connectivity index (χ4n) is 3.62. The number of amides is 1. The zero-order valence-electron chi connectivity index (χ0n) is 20.0. The molecule has 3 rings (SSSR count). The van der Waals surface area contributed by atoms with Crippen LogP contribution in [0.25, 0.3) is 10.2 Å². The molecule has 0 aliphatic carbocycles. The van der Waals surface area contributed by atoms with Crippen LogP contribution in [0.2, 0.25) is 10.0 Å². The number of halogens is 2. The van der Waals surface area contributed by atoms with E-state index in [-0.39, 0.29) is 4.90 Å². The SMILES string of the molecule is CCCN(CCC)S(=O)(=O)c1ccc(C(=O)N=c2sc3ccc(Cl)c(Cl)c3n2CCOCC)cc1. The number of rotatable bonds is 11. The minimum absolute atomic E-state index is 0.158. The molecule has 1 heterocycles. The predicted octanol–water partition coefficient (Wildman–Crippen LogP) is 5.60. The molecule has 11 heteroatoms. The highest BCUT2D eigenvalue weighted by Gasteiger charge is 2.23. The molecule has 0 atom stereocenters. The summed E-state index contributed by atoms with van der Waals surface area (Å²) in [5, 5.41) is 0.807. The Hall–Kier alpha value is -1.75. The number of carbonyl (C=O) groups is 1. The second kappa shape index (κ2) is 12.5. The molecular weight excluding hydrogens is 529 g/mol. The van der Waals surface area contributed by atoms with Gasteiger partial charge in [-0.2, -0.15) is 9.30 Å². The van der Waals surface area contributed by atoms with Crippen molar-refractivity contribution in [2.75, 3.05) is 26.3 Å². The lowest BCUT2D eigenvalue weighted by Crippen LogP contribution is -2.32. The molecule has 3 aromatic rings. The van der Waals surface area contributed by atoms with Gasteiger partial charge in [0.2, 0.25) is 10.0 Å². The van der Waals surface area contributed by atoms with Crippen LogP contribution in [0.1, 0.15) is 44.0 Å². The van der Waals surface area contributed by atoms with E-state index in [1.165, 1.54) is 39.9 Å². The van der Waals surface area contributed by atoms with Crippen LogP contribution < -0.4 is 4.80 Å². The Labute approximate surface area is 220 Å². The van der Waals surface area contributed by atoms with Crippen molar-refractivity contribution in [1.29, 1.82) is 0 Å². The first-order valence-corrected chi connectivity index (χ1v) is 14.5. The summed E-state index contributed by atoms with van der Waals surface area (Å²) in [5.41, 5.74) is 0.989. The number of aromatic nitrogens is 1. The number of benzene rings is 2. The zero-order chi connectivity index (χ0) is 25.6. The van der Waals surface area contributed by atoms with Crippen LogP contribution in [0, 0.1) is 0 Å². The maximum atomic E-state index is 13.0. The fraction of sp³-hybridized carbons (Fsp3) is 0.417. The Morgan fingerprint density at radius 1 is 1.06 bits per heavy atom. The number of carbonyl (C=O) groups excluding carboxylic acids is 1. The van der Waals surface area contributed by atoms with Gasteiger partial charge in [0.25, 0.3) is 5.91 Å². The van der Waals surface area contributed by atoms with E-state index in [1.54, 1.807) is 6.07 Å². The minimum Gasteiger partial charge on any atom is -0.380 e. The molecule has 2 aromatic carbocycles. The number of hydrogen-bond acceptors (Lipinski definition) is 5. The summed E-state index contributed by atoms with van der Waals surface area (Å²) in [6.07, 6.45) is 1.45. The normalized spacial score (nSPS) is 12.7. The van der Waals surface area contributed by atoms with E-state index in [0.717, 1.165) is 17.5 Å². The molecule has 0 unspecified atom stereocenters. The van der Waals surface area contributed by atoms with E-state index in [2.05, 4.69) is 4.99 Å². The highest BCUT2D eigenvalue weighted by atomic mass is 35.5. The number of ether oxygens (including phenoxy) is 1. The molecule has 7 nitrogen and oxygen atoms in total. The molecular formula is C24H29Cl2N3O4S2. The van der Waals surface area contributed by atoms with E-state index in [0.29, 0.717) is 58.8 Å². The van der Waals surface area contributed by atoms with Crippen LogP contribution in [0.15, 0.2) is 46.3 Å². The van der Waals surface area contributed by atoms with E-state index in [9.17, 15) is 13.2 Å². The Kier molecular flexibility index (Phi) is 9.92.